The van der Waals surface area contributed by atoms with Crippen molar-refractivity contribution in [1.82, 2.24) is 20.4 Å². The third kappa shape index (κ3) is 4.15. The number of aromatic nitrogens is 2. The van der Waals surface area contributed by atoms with Crippen molar-refractivity contribution in [3.05, 3.63) is 94.9 Å². The second-order valence-corrected chi connectivity index (χ2v) is 8.19. The Hall–Kier alpha value is -4.04. The van der Waals surface area contributed by atoms with Gasteiger partial charge in [0.15, 0.2) is 0 Å². The highest BCUT2D eigenvalue weighted by molar-refractivity contribution is 6.30. The molecule has 2 aromatic carbocycles. The van der Waals surface area contributed by atoms with Crippen LogP contribution in [0.1, 0.15) is 30.2 Å². The molecule has 1 N–H and O–H groups in total. The Bertz CT molecular complexity index is 1360. The first-order valence-electron chi connectivity index (χ1n) is 10.6. The van der Waals surface area contributed by atoms with Crippen LogP contribution in [0.2, 0.25) is 5.02 Å². The molecule has 0 spiro atoms. The standard InChI is InChI=1S/C25H21ClN4O4/c1-15-21(24-28-23(29-34-24)17-7-4-9-19(13-17)32-2)22(16-6-3-8-18(26)12-16)27-25(31)30(15)14-20-10-5-11-33-20/h3-13,22H,14H2,1-2H3,(H,27,31). The van der Waals surface area contributed by atoms with Crippen molar-refractivity contribution < 1.29 is 18.5 Å². The Labute approximate surface area is 200 Å². The molecule has 4 aromatic rings. The Kier molecular flexibility index (Phi) is 5.81. The zero-order chi connectivity index (χ0) is 23.7. The lowest BCUT2D eigenvalue weighted by molar-refractivity contribution is 0.199. The van der Waals surface area contributed by atoms with Crippen molar-refractivity contribution in [2.45, 2.75) is 19.5 Å². The number of furan rings is 1. The number of benzene rings is 2. The van der Waals surface area contributed by atoms with E-state index in [9.17, 15) is 4.79 Å². The third-order valence-electron chi connectivity index (χ3n) is 5.66. The molecule has 0 saturated heterocycles. The van der Waals surface area contributed by atoms with Gasteiger partial charge in [-0.2, -0.15) is 4.98 Å². The van der Waals surface area contributed by atoms with Crippen molar-refractivity contribution >= 4 is 23.2 Å². The predicted octanol–water partition coefficient (Wildman–Crippen LogP) is 5.69. The minimum Gasteiger partial charge on any atom is -0.497 e. The fourth-order valence-corrected chi connectivity index (χ4v) is 4.15. The molecule has 172 valence electrons. The zero-order valence-electron chi connectivity index (χ0n) is 18.5. The summed E-state index contributed by atoms with van der Waals surface area (Å²) in [6.45, 7) is 2.11. The van der Waals surface area contributed by atoms with Crippen LogP contribution >= 0.6 is 11.6 Å². The minimum absolute atomic E-state index is 0.257. The lowest BCUT2D eigenvalue weighted by atomic mass is 9.94. The van der Waals surface area contributed by atoms with E-state index in [1.165, 1.54) is 0 Å². The van der Waals surface area contributed by atoms with Gasteiger partial charge >= 0.3 is 6.03 Å². The number of amides is 2. The van der Waals surface area contributed by atoms with Crippen molar-refractivity contribution in [3.8, 4) is 17.1 Å². The van der Waals surface area contributed by atoms with Crippen molar-refractivity contribution in [2.75, 3.05) is 7.11 Å². The summed E-state index contributed by atoms with van der Waals surface area (Å²) in [4.78, 5) is 19.3. The fourth-order valence-electron chi connectivity index (χ4n) is 3.96. The number of nitrogens with zero attached hydrogens (tertiary/aromatic N) is 3. The molecule has 3 heterocycles. The van der Waals surface area contributed by atoms with Crippen LogP contribution < -0.4 is 10.1 Å². The van der Waals surface area contributed by atoms with Crippen LogP contribution in [0.3, 0.4) is 0 Å². The highest BCUT2D eigenvalue weighted by Crippen LogP contribution is 2.38. The molecular weight excluding hydrogens is 456 g/mol. The number of hydrogen-bond donors (Lipinski definition) is 1. The van der Waals surface area contributed by atoms with Crippen LogP contribution in [0.15, 0.2) is 81.6 Å². The maximum atomic E-state index is 13.1. The van der Waals surface area contributed by atoms with Gasteiger partial charge in [0.1, 0.15) is 11.5 Å². The van der Waals surface area contributed by atoms with E-state index in [2.05, 4.69) is 15.5 Å². The van der Waals surface area contributed by atoms with Gasteiger partial charge < -0.3 is 19.0 Å². The molecule has 9 heteroatoms. The number of hydrogen-bond acceptors (Lipinski definition) is 6. The van der Waals surface area contributed by atoms with E-state index in [0.717, 1.165) is 11.1 Å². The summed E-state index contributed by atoms with van der Waals surface area (Å²) in [7, 11) is 1.60. The zero-order valence-corrected chi connectivity index (χ0v) is 19.2. The van der Waals surface area contributed by atoms with E-state index in [0.29, 0.717) is 39.5 Å². The second kappa shape index (κ2) is 9.07. The van der Waals surface area contributed by atoms with Gasteiger partial charge in [0.25, 0.3) is 5.89 Å². The Balaban J connectivity index is 1.60. The van der Waals surface area contributed by atoms with Crippen LogP contribution in [0, 0.1) is 0 Å². The summed E-state index contributed by atoms with van der Waals surface area (Å²) < 4.78 is 16.5. The first-order chi connectivity index (χ1) is 16.5. The lowest BCUT2D eigenvalue weighted by Crippen LogP contribution is -2.45. The molecule has 0 fully saturated rings. The molecular formula is C25H21ClN4O4. The van der Waals surface area contributed by atoms with Crippen LogP contribution in [-0.4, -0.2) is 28.2 Å². The summed E-state index contributed by atoms with van der Waals surface area (Å²) >= 11 is 6.25. The van der Waals surface area contributed by atoms with Crippen LogP contribution in [0.25, 0.3) is 17.0 Å². The van der Waals surface area contributed by atoms with E-state index < -0.39 is 6.04 Å². The maximum absolute atomic E-state index is 13.1. The average Bonchev–Trinajstić information content (AvgIpc) is 3.54. The van der Waals surface area contributed by atoms with Crippen LogP contribution in [0.5, 0.6) is 5.75 Å². The number of nitrogens with one attached hydrogen (secondary N) is 1. The lowest BCUT2D eigenvalue weighted by Gasteiger charge is -2.34. The highest BCUT2D eigenvalue weighted by atomic mass is 35.5. The van der Waals surface area contributed by atoms with Crippen LogP contribution in [-0.2, 0) is 6.54 Å². The molecule has 8 nitrogen and oxygen atoms in total. The Morgan fingerprint density at radius 2 is 2.00 bits per heavy atom. The number of methoxy groups -OCH3 is 1. The summed E-state index contributed by atoms with van der Waals surface area (Å²) in [6.07, 6.45) is 1.57. The molecule has 2 amide bonds. The number of allylic oxidation sites excluding steroid dienone is 1. The molecule has 34 heavy (non-hydrogen) atoms. The summed E-state index contributed by atoms with van der Waals surface area (Å²) in [6, 6.07) is 17.5. The molecule has 5 rings (SSSR count). The molecule has 1 unspecified atom stereocenters. The average molecular weight is 477 g/mol. The van der Waals surface area contributed by atoms with Crippen molar-refractivity contribution in [3.63, 3.8) is 0 Å². The molecule has 1 aliphatic heterocycles. The van der Waals surface area contributed by atoms with Crippen LogP contribution in [0.4, 0.5) is 4.79 Å². The molecule has 1 aliphatic rings. The van der Waals surface area contributed by atoms with Crippen molar-refractivity contribution in [2.24, 2.45) is 0 Å². The number of rotatable bonds is 6. The number of carbonyl (C=O) groups is 1. The Morgan fingerprint density at radius 1 is 1.15 bits per heavy atom. The molecule has 0 bridgehead atoms. The SMILES string of the molecule is COc1cccc(-c2noc(C3=C(C)N(Cc4ccco4)C(=O)NC3c3cccc(Cl)c3)n2)c1. The van der Waals surface area contributed by atoms with E-state index >= 15 is 0 Å². The molecule has 0 saturated carbocycles. The fraction of sp³-hybridized carbons (Fsp3) is 0.160. The van der Waals surface area contributed by atoms with E-state index in [1.807, 2.05) is 49.4 Å². The minimum atomic E-state index is -0.530. The monoisotopic (exact) mass is 476 g/mol. The topological polar surface area (TPSA) is 93.6 Å². The molecule has 1 atom stereocenters. The summed E-state index contributed by atoms with van der Waals surface area (Å²) in [5.41, 5.74) is 2.90. The quantitative estimate of drug-likeness (QED) is 0.384. The van der Waals surface area contributed by atoms with Gasteiger partial charge in [0.2, 0.25) is 5.82 Å². The molecule has 0 aliphatic carbocycles. The van der Waals surface area contributed by atoms with Gasteiger partial charge in [-0.15, -0.1) is 0 Å². The van der Waals surface area contributed by atoms with E-state index in [-0.39, 0.29) is 12.6 Å². The van der Waals surface area contributed by atoms with Gasteiger partial charge in [-0.1, -0.05) is 41.0 Å². The van der Waals surface area contributed by atoms with Gasteiger partial charge in [-0.3, -0.25) is 4.90 Å². The highest BCUT2D eigenvalue weighted by Gasteiger charge is 2.36. The smallest absolute Gasteiger partial charge is 0.322 e. The first kappa shape index (κ1) is 21.8. The third-order valence-corrected chi connectivity index (χ3v) is 5.89. The Morgan fingerprint density at radius 3 is 2.76 bits per heavy atom. The van der Waals surface area contributed by atoms with Crippen molar-refractivity contribution in [1.29, 1.82) is 0 Å². The predicted molar refractivity (Wildman–Crippen MR) is 126 cm³/mol. The van der Waals surface area contributed by atoms with E-state index in [1.54, 1.807) is 36.5 Å². The number of ether oxygens (including phenoxy) is 1. The summed E-state index contributed by atoms with van der Waals surface area (Å²) in [5, 5.41) is 7.79. The summed E-state index contributed by atoms with van der Waals surface area (Å²) in [5.74, 6) is 2.04. The second-order valence-electron chi connectivity index (χ2n) is 7.76. The van der Waals surface area contributed by atoms with E-state index in [4.69, 9.17) is 25.3 Å². The number of urea groups is 1. The molecule has 0 radical (unpaired) electrons. The van der Waals surface area contributed by atoms with Gasteiger partial charge in [-0.05, 0) is 48.9 Å². The normalized spacial score (nSPS) is 16.0. The molecule has 2 aromatic heterocycles. The maximum Gasteiger partial charge on any atom is 0.322 e. The van der Waals surface area contributed by atoms with Gasteiger partial charge in [-0.25, -0.2) is 4.79 Å². The number of carbonyl (C=O) groups excluding carboxylic acids is 1. The van der Waals surface area contributed by atoms with Gasteiger partial charge in [0.05, 0.1) is 31.5 Å². The van der Waals surface area contributed by atoms with Gasteiger partial charge in [0, 0.05) is 16.3 Å². The number of halogens is 1. The largest absolute Gasteiger partial charge is 0.497 e. The first-order valence-corrected chi connectivity index (χ1v) is 11.0.